The molecule has 8 aromatic rings. The first kappa shape index (κ1) is 38.6. The number of para-hydroxylation sites is 2. The number of rotatable bonds is 12. The Morgan fingerprint density at radius 1 is 0.466 bits per heavy atom. The van der Waals surface area contributed by atoms with Crippen LogP contribution in [-0.2, 0) is 0 Å². The SMILES string of the molecule is C/C=C\C[SiH2]c1cc(/C=C/c2ccc(-c3ccc(N(c4ccccc4)c4ccccc4)cc3)cc2)ccc1-c1ccc(-c2ccc([Si](C)(C)C)c3ccccc23)cc1. The van der Waals surface area contributed by atoms with Crippen molar-refractivity contribution in [2.45, 2.75) is 32.6 Å². The zero-order valence-electron chi connectivity index (χ0n) is 34.1. The first-order chi connectivity index (χ1) is 28.4. The highest BCUT2D eigenvalue weighted by atomic mass is 28.3. The number of benzene rings is 8. The predicted octanol–water partition coefficient (Wildman–Crippen LogP) is 13.8. The Labute approximate surface area is 348 Å². The molecule has 0 aliphatic rings. The van der Waals surface area contributed by atoms with Crippen LogP contribution < -0.4 is 15.3 Å². The van der Waals surface area contributed by atoms with Crippen LogP contribution in [0.25, 0.3) is 56.3 Å². The molecule has 0 N–H and O–H groups in total. The van der Waals surface area contributed by atoms with E-state index >= 15 is 0 Å². The lowest BCUT2D eigenvalue weighted by Gasteiger charge is -2.25. The van der Waals surface area contributed by atoms with Gasteiger partial charge in [0.15, 0.2) is 0 Å². The summed E-state index contributed by atoms with van der Waals surface area (Å²) >= 11 is 0. The zero-order valence-corrected chi connectivity index (χ0v) is 36.5. The van der Waals surface area contributed by atoms with Crippen molar-refractivity contribution in [3.63, 3.8) is 0 Å². The van der Waals surface area contributed by atoms with Crippen molar-refractivity contribution in [1.29, 1.82) is 0 Å². The quantitative estimate of drug-likeness (QED) is 0.0678. The fourth-order valence-corrected chi connectivity index (χ4v) is 11.4. The van der Waals surface area contributed by atoms with Crippen LogP contribution in [0, 0.1) is 0 Å². The standard InChI is InChI=1S/C55H51NSi2/c1-5-6-39-57-54-40-42(25-36-51(54)46-30-28-45(29-31-46)50-37-38-55(58(2,3)4)53-20-14-13-19-52(50)53)22-21-41-23-26-43(27-24-41)44-32-34-49(35-33-44)56(47-15-9-7-10-16-47)48-17-11-8-12-18-48/h5-38,40H,39,57H2,1-4H3/b6-5-,22-21+. The van der Waals surface area contributed by atoms with Crippen LogP contribution in [0.3, 0.4) is 0 Å². The minimum absolute atomic E-state index is 0.497. The van der Waals surface area contributed by atoms with Crippen molar-refractivity contribution in [3.05, 3.63) is 211 Å². The zero-order chi connectivity index (χ0) is 39.9. The third-order valence-electron chi connectivity index (χ3n) is 11.1. The molecule has 0 unspecified atom stereocenters. The molecule has 1 nitrogen and oxygen atoms in total. The van der Waals surface area contributed by atoms with Crippen molar-refractivity contribution in [2.75, 3.05) is 4.90 Å². The van der Waals surface area contributed by atoms with E-state index in [1.54, 1.807) is 0 Å². The molecule has 0 saturated carbocycles. The molecule has 0 aliphatic carbocycles. The molecule has 58 heavy (non-hydrogen) atoms. The fraction of sp³-hybridized carbons (Fsp3) is 0.0909. The highest BCUT2D eigenvalue weighted by Gasteiger charge is 2.20. The molecule has 8 rings (SSSR count). The van der Waals surface area contributed by atoms with Gasteiger partial charge < -0.3 is 4.90 Å². The van der Waals surface area contributed by atoms with Crippen molar-refractivity contribution in [1.82, 2.24) is 0 Å². The van der Waals surface area contributed by atoms with Gasteiger partial charge in [-0.2, -0.15) is 0 Å². The Kier molecular flexibility index (Phi) is 11.6. The summed E-state index contributed by atoms with van der Waals surface area (Å²) in [5.41, 5.74) is 13.5. The number of anilines is 3. The van der Waals surface area contributed by atoms with Gasteiger partial charge >= 0.3 is 0 Å². The summed E-state index contributed by atoms with van der Waals surface area (Å²) in [7, 11) is -1.97. The smallest absolute Gasteiger partial charge is 0.0784 e. The van der Waals surface area contributed by atoms with Crippen LogP contribution in [0.15, 0.2) is 200 Å². The maximum absolute atomic E-state index is 2.44. The van der Waals surface area contributed by atoms with E-state index in [0.717, 1.165) is 23.1 Å². The summed E-state index contributed by atoms with van der Waals surface area (Å²) in [5.74, 6) is 0. The minimum atomic E-state index is -1.47. The largest absolute Gasteiger partial charge is 0.311 e. The fourth-order valence-electron chi connectivity index (χ4n) is 8.03. The number of fused-ring (bicyclic) bond motifs is 1. The minimum Gasteiger partial charge on any atom is -0.311 e. The topological polar surface area (TPSA) is 3.24 Å². The number of hydrogen-bond donors (Lipinski definition) is 0. The molecule has 8 aromatic carbocycles. The molecular weight excluding hydrogens is 731 g/mol. The Balaban J connectivity index is 1.00. The predicted molar refractivity (Wildman–Crippen MR) is 261 cm³/mol. The summed E-state index contributed by atoms with van der Waals surface area (Å²) in [6, 6.07) is 70.1. The first-order valence-electron chi connectivity index (χ1n) is 20.5. The molecule has 284 valence electrons. The Morgan fingerprint density at radius 2 is 0.948 bits per heavy atom. The van der Waals surface area contributed by atoms with Gasteiger partial charge in [-0.15, -0.1) is 0 Å². The lowest BCUT2D eigenvalue weighted by molar-refractivity contribution is 1.28. The Bertz CT molecular complexity index is 2630. The average Bonchev–Trinajstić information content (AvgIpc) is 3.26. The van der Waals surface area contributed by atoms with Crippen LogP contribution >= 0.6 is 0 Å². The van der Waals surface area contributed by atoms with E-state index in [2.05, 4.69) is 244 Å². The molecular formula is C55H51NSi2. The normalized spacial score (nSPS) is 12.0. The molecule has 0 saturated heterocycles. The highest BCUT2D eigenvalue weighted by molar-refractivity contribution is 6.90. The molecule has 0 bridgehead atoms. The highest BCUT2D eigenvalue weighted by Crippen LogP contribution is 2.36. The molecule has 0 aromatic heterocycles. The van der Waals surface area contributed by atoms with Crippen LogP contribution in [0.2, 0.25) is 25.7 Å². The van der Waals surface area contributed by atoms with Crippen molar-refractivity contribution in [2.24, 2.45) is 0 Å². The van der Waals surface area contributed by atoms with Crippen molar-refractivity contribution >= 4 is 68.0 Å². The summed E-state index contributed by atoms with van der Waals surface area (Å²) in [4.78, 5) is 2.30. The maximum Gasteiger partial charge on any atom is 0.0784 e. The summed E-state index contributed by atoms with van der Waals surface area (Å²) in [5, 5.41) is 5.79. The van der Waals surface area contributed by atoms with Gasteiger partial charge in [0.05, 0.1) is 17.6 Å². The number of hydrogen-bond acceptors (Lipinski definition) is 1. The molecule has 0 aliphatic heterocycles. The van der Waals surface area contributed by atoms with Gasteiger partial charge in [-0.25, -0.2) is 0 Å². The second-order valence-electron chi connectivity index (χ2n) is 16.1. The van der Waals surface area contributed by atoms with Crippen molar-refractivity contribution in [3.8, 4) is 33.4 Å². The third-order valence-corrected chi connectivity index (χ3v) is 14.8. The lowest BCUT2D eigenvalue weighted by atomic mass is 9.96. The molecule has 0 amide bonds. The monoisotopic (exact) mass is 781 g/mol. The number of nitrogens with zero attached hydrogens (tertiary/aromatic N) is 1. The average molecular weight is 782 g/mol. The van der Waals surface area contributed by atoms with Crippen LogP contribution in [0.1, 0.15) is 18.1 Å². The molecule has 0 spiro atoms. The third kappa shape index (κ3) is 8.67. The molecule has 0 radical (unpaired) electrons. The van der Waals surface area contributed by atoms with Gasteiger partial charge in [0, 0.05) is 17.1 Å². The van der Waals surface area contributed by atoms with Gasteiger partial charge in [0.1, 0.15) is 0 Å². The number of allylic oxidation sites excluding steroid dienone is 2. The first-order valence-corrected chi connectivity index (χ1v) is 25.7. The van der Waals surface area contributed by atoms with E-state index in [0.29, 0.717) is 0 Å². The second-order valence-corrected chi connectivity index (χ2v) is 22.9. The van der Waals surface area contributed by atoms with E-state index in [9.17, 15) is 0 Å². The van der Waals surface area contributed by atoms with E-state index in [-0.39, 0.29) is 0 Å². The molecule has 3 heteroatoms. The van der Waals surface area contributed by atoms with Gasteiger partial charge in [0.2, 0.25) is 0 Å². The molecule has 0 atom stereocenters. The van der Waals surface area contributed by atoms with Crippen LogP contribution in [-0.4, -0.2) is 17.6 Å². The van der Waals surface area contributed by atoms with E-state index in [1.807, 2.05) is 0 Å². The maximum atomic E-state index is 2.44. The lowest BCUT2D eigenvalue weighted by Crippen LogP contribution is -2.38. The molecule has 0 heterocycles. The second kappa shape index (κ2) is 17.5. The van der Waals surface area contributed by atoms with Gasteiger partial charge in [-0.3, -0.25) is 0 Å². The van der Waals surface area contributed by atoms with Gasteiger partial charge in [-0.1, -0.05) is 206 Å². The van der Waals surface area contributed by atoms with E-state index in [1.165, 1.54) is 65.7 Å². The van der Waals surface area contributed by atoms with Gasteiger partial charge in [-0.05, 0) is 105 Å². The Morgan fingerprint density at radius 3 is 1.55 bits per heavy atom. The van der Waals surface area contributed by atoms with Crippen molar-refractivity contribution < 1.29 is 0 Å². The van der Waals surface area contributed by atoms with Gasteiger partial charge in [0.25, 0.3) is 0 Å². The van der Waals surface area contributed by atoms with E-state index in [4.69, 9.17) is 0 Å². The Hall–Kier alpha value is -6.27. The summed E-state index contributed by atoms with van der Waals surface area (Å²) in [6.07, 6.45) is 9.02. The van der Waals surface area contributed by atoms with Crippen LogP contribution in [0.5, 0.6) is 0 Å². The molecule has 0 fully saturated rings. The summed E-state index contributed by atoms with van der Waals surface area (Å²) in [6.45, 7) is 9.43. The van der Waals surface area contributed by atoms with E-state index < -0.39 is 17.6 Å². The summed E-state index contributed by atoms with van der Waals surface area (Å²) < 4.78 is 0. The van der Waals surface area contributed by atoms with Crippen LogP contribution in [0.4, 0.5) is 17.1 Å².